The first-order valence-electron chi connectivity index (χ1n) is 8.35. The van der Waals surface area contributed by atoms with Crippen LogP contribution in [0.5, 0.6) is 0 Å². The minimum Gasteiger partial charge on any atom is -0.407 e. The van der Waals surface area contributed by atoms with E-state index < -0.39 is 14.4 Å². The molecule has 0 unspecified atom stereocenters. The van der Waals surface area contributed by atoms with Crippen molar-refractivity contribution >= 4 is 8.32 Å². The monoisotopic (exact) mass is 318 g/mol. The molecule has 2 nitrogen and oxygen atoms in total. The minimum atomic E-state index is -1.97. The van der Waals surface area contributed by atoms with E-state index in [4.69, 9.17) is 4.43 Å². The summed E-state index contributed by atoms with van der Waals surface area (Å²) in [4.78, 5) is 0. The van der Waals surface area contributed by atoms with E-state index in [1.165, 1.54) is 0 Å². The van der Waals surface area contributed by atoms with Gasteiger partial charge in [0.2, 0.25) is 0 Å². The van der Waals surface area contributed by atoms with E-state index in [0.29, 0.717) is 11.1 Å². The number of hydrogen-bond donors (Lipinski definition) is 1. The van der Waals surface area contributed by atoms with Gasteiger partial charge in [-0.2, -0.15) is 0 Å². The molecule has 0 saturated carbocycles. The first-order chi connectivity index (χ1) is 10.3. The van der Waals surface area contributed by atoms with E-state index in [-0.39, 0.29) is 12.0 Å². The van der Waals surface area contributed by atoms with E-state index >= 15 is 0 Å². The maximum atomic E-state index is 10.9. The highest BCUT2D eigenvalue weighted by atomic mass is 28.4. The van der Waals surface area contributed by atoms with Gasteiger partial charge in [-0.15, -0.1) is 0 Å². The molecule has 3 atom stereocenters. The molecule has 0 bridgehead atoms. The number of benzene rings is 1. The molecule has 122 valence electrons. The van der Waals surface area contributed by atoms with E-state index in [1.54, 1.807) is 0 Å². The average molecular weight is 319 g/mol. The van der Waals surface area contributed by atoms with Gasteiger partial charge in [-0.05, 0) is 29.6 Å². The lowest BCUT2D eigenvalue weighted by atomic mass is 9.90. The Hall–Kier alpha value is -0.903. The van der Waals surface area contributed by atoms with Crippen LogP contribution in [-0.2, 0) is 4.43 Å². The summed E-state index contributed by atoms with van der Waals surface area (Å²) in [5.41, 5.74) is 3.20. The Balaban J connectivity index is 2.46. The van der Waals surface area contributed by atoms with Gasteiger partial charge in [0.1, 0.15) is 0 Å². The van der Waals surface area contributed by atoms with E-state index in [9.17, 15) is 5.11 Å². The summed E-state index contributed by atoms with van der Waals surface area (Å²) in [5.74, 6) is 0.135. The van der Waals surface area contributed by atoms with E-state index in [0.717, 1.165) is 17.2 Å². The van der Waals surface area contributed by atoms with Crippen LogP contribution in [0.4, 0.5) is 0 Å². The van der Waals surface area contributed by atoms with Crippen molar-refractivity contribution in [2.24, 2.45) is 5.92 Å². The molecular weight excluding hydrogens is 288 g/mol. The molecule has 0 radical (unpaired) electrons. The van der Waals surface area contributed by atoms with E-state index in [1.807, 2.05) is 25.1 Å². The van der Waals surface area contributed by atoms with Crippen molar-refractivity contribution in [3.8, 4) is 0 Å². The maximum absolute atomic E-state index is 10.9. The molecule has 1 N–H and O–H groups in total. The molecule has 2 rings (SSSR count). The Bertz CT molecular complexity index is 501. The number of rotatable bonds is 4. The predicted molar refractivity (Wildman–Crippen MR) is 95.3 cm³/mol. The maximum Gasteiger partial charge on any atom is 0.199 e. The minimum absolute atomic E-state index is 0.135. The highest BCUT2D eigenvalue weighted by molar-refractivity contribution is 6.76. The van der Waals surface area contributed by atoms with Crippen LogP contribution in [0.15, 0.2) is 42.5 Å². The van der Waals surface area contributed by atoms with Crippen LogP contribution in [0.2, 0.25) is 17.1 Å². The van der Waals surface area contributed by atoms with Gasteiger partial charge in [0, 0.05) is 5.92 Å². The summed E-state index contributed by atoms with van der Waals surface area (Å²) in [5, 5.41) is 10.9. The molecule has 1 aromatic carbocycles. The predicted octanol–water partition coefficient (Wildman–Crippen LogP) is 5.08. The third kappa shape index (κ3) is 3.08. The second-order valence-corrected chi connectivity index (χ2v) is 12.2. The fourth-order valence-electron chi connectivity index (χ4n) is 3.81. The summed E-state index contributed by atoms with van der Waals surface area (Å²) in [7, 11) is -1.97. The van der Waals surface area contributed by atoms with Crippen molar-refractivity contribution in [3.05, 3.63) is 48.0 Å². The Morgan fingerprint density at radius 2 is 1.73 bits per heavy atom. The first-order valence-corrected chi connectivity index (χ1v) is 10.6. The summed E-state index contributed by atoms with van der Waals surface area (Å²) in [6.45, 7) is 15.3. The van der Waals surface area contributed by atoms with Gasteiger partial charge in [-0.1, -0.05) is 70.2 Å². The molecule has 1 aromatic rings. The van der Waals surface area contributed by atoms with Crippen molar-refractivity contribution in [2.45, 2.75) is 64.0 Å². The van der Waals surface area contributed by atoms with Crippen molar-refractivity contribution in [3.63, 3.8) is 0 Å². The fourth-order valence-corrected chi connectivity index (χ4v) is 8.76. The first kappa shape index (κ1) is 17.5. The lowest BCUT2D eigenvalue weighted by molar-refractivity contribution is -0.0198. The van der Waals surface area contributed by atoms with Gasteiger partial charge < -0.3 is 9.53 Å². The normalized spacial score (nSPS) is 28.1. The molecule has 0 spiro atoms. The van der Waals surface area contributed by atoms with Gasteiger partial charge in [0.25, 0.3) is 0 Å². The molecular formula is C19H30O2Si. The van der Waals surface area contributed by atoms with Crippen LogP contribution in [0.25, 0.3) is 0 Å². The smallest absolute Gasteiger partial charge is 0.199 e. The van der Waals surface area contributed by atoms with Crippen LogP contribution in [0.1, 0.15) is 46.3 Å². The van der Waals surface area contributed by atoms with Gasteiger partial charge in [0.15, 0.2) is 8.32 Å². The molecule has 3 heteroatoms. The molecule has 0 aliphatic carbocycles. The molecule has 1 aliphatic heterocycles. The fraction of sp³-hybridized carbons (Fsp3) is 0.579. The van der Waals surface area contributed by atoms with Gasteiger partial charge in [-0.25, -0.2) is 0 Å². The second kappa shape index (κ2) is 6.69. The zero-order chi connectivity index (χ0) is 16.5. The van der Waals surface area contributed by atoms with Gasteiger partial charge in [-0.3, -0.25) is 0 Å². The van der Waals surface area contributed by atoms with Crippen LogP contribution in [0.3, 0.4) is 0 Å². The van der Waals surface area contributed by atoms with Gasteiger partial charge in [0.05, 0.1) is 12.2 Å². The van der Waals surface area contributed by atoms with Crippen molar-refractivity contribution in [1.29, 1.82) is 0 Å². The highest BCUT2D eigenvalue weighted by Gasteiger charge is 2.52. The summed E-state index contributed by atoms with van der Waals surface area (Å²) >= 11 is 0. The standard InChI is InChI=1S/C19H30O2Si/c1-13(2)17-12-22(14(3)4,15(5)6)21-19(18(17)20)16-10-8-7-9-11-16/h7-11,14-15,17-20H,1,12H2,2-6H3/t17-,18-,19+/m1/s1. The quantitative estimate of drug-likeness (QED) is 0.620. The summed E-state index contributed by atoms with van der Waals surface area (Å²) in [6.07, 6.45) is -0.730. The molecule has 1 saturated heterocycles. The number of aliphatic hydroxyl groups is 1. The van der Waals surface area contributed by atoms with E-state index in [2.05, 4.69) is 46.4 Å². The number of aliphatic hydroxyl groups excluding tert-OH is 1. The largest absolute Gasteiger partial charge is 0.407 e. The van der Waals surface area contributed by atoms with Crippen LogP contribution in [0, 0.1) is 5.92 Å². The molecule has 1 aliphatic rings. The number of hydrogen-bond acceptors (Lipinski definition) is 2. The van der Waals surface area contributed by atoms with Crippen LogP contribution >= 0.6 is 0 Å². The SMILES string of the molecule is C=C(C)[C@H]1C[Si](C(C)C)(C(C)C)O[C@@H](c2ccccc2)[C@@H]1O. The third-order valence-electron chi connectivity index (χ3n) is 5.32. The molecule has 1 heterocycles. The second-order valence-electron chi connectivity index (χ2n) is 7.36. The molecule has 0 aromatic heterocycles. The summed E-state index contributed by atoms with van der Waals surface area (Å²) in [6, 6.07) is 11.1. The molecule has 0 amide bonds. The summed E-state index contributed by atoms with van der Waals surface area (Å²) < 4.78 is 6.72. The molecule has 1 fully saturated rings. The van der Waals surface area contributed by atoms with Crippen molar-refractivity contribution in [1.82, 2.24) is 0 Å². The Labute approximate surface area is 136 Å². The zero-order valence-electron chi connectivity index (χ0n) is 14.5. The lowest BCUT2D eigenvalue weighted by Crippen LogP contribution is -2.55. The van der Waals surface area contributed by atoms with Gasteiger partial charge >= 0.3 is 0 Å². The van der Waals surface area contributed by atoms with Crippen LogP contribution < -0.4 is 0 Å². The van der Waals surface area contributed by atoms with Crippen molar-refractivity contribution in [2.75, 3.05) is 0 Å². The van der Waals surface area contributed by atoms with Crippen LogP contribution in [-0.4, -0.2) is 19.5 Å². The third-order valence-corrected chi connectivity index (χ3v) is 11.0. The highest BCUT2D eigenvalue weighted by Crippen LogP contribution is 2.50. The van der Waals surface area contributed by atoms with Crippen molar-refractivity contribution < 1.29 is 9.53 Å². The Kier molecular flexibility index (Phi) is 5.31. The lowest BCUT2D eigenvalue weighted by Gasteiger charge is -2.50. The Morgan fingerprint density at radius 3 is 2.18 bits per heavy atom. The Morgan fingerprint density at radius 1 is 1.18 bits per heavy atom. The molecule has 22 heavy (non-hydrogen) atoms. The average Bonchev–Trinajstić information content (AvgIpc) is 2.47. The topological polar surface area (TPSA) is 29.5 Å². The zero-order valence-corrected chi connectivity index (χ0v) is 15.5.